The molecular formula is C81H108FN14O18+. The molecule has 0 saturated carbocycles. The van der Waals surface area contributed by atoms with Crippen molar-refractivity contribution in [2.24, 2.45) is 0 Å². The fraction of sp³-hybridized carbons (Fsp3) is 0.531. The Balaban J connectivity index is 1.07. The van der Waals surface area contributed by atoms with Gasteiger partial charge < -0.3 is 101 Å². The van der Waals surface area contributed by atoms with Crippen molar-refractivity contribution < 1.29 is 95.2 Å². The molecular weight excluding hydrogens is 1480 g/mol. The molecule has 33 heteroatoms. The van der Waals surface area contributed by atoms with E-state index in [1.54, 1.807) is 79.9 Å². The van der Waals surface area contributed by atoms with Crippen LogP contribution < -0.4 is 62.6 Å². The first kappa shape index (κ1) is 85.8. The van der Waals surface area contributed by atoms with Crippen LogP contribution in [0.1, 0.15) is 106 Å². The second-order valence-electron chi connectivity index (χ2n) is 30.9. The van der Waals surface area contributed by atoms with Gasteiger partial charge in [0, 0.05) is 107 Å². The zero-order valence-corrected chi connectivity index (χ0v) is 65.8. The third-order valence-electron chi connectivity index (χ3n) is 21.1. The van der Waals surface area contributed by atoms with Crippen molar-refractivity contribution in [3.05, 3.63) is 130 Å². The van der Waals surface area contributed by atoms with Crippen molar-refractivity contribution in [2.45, 2.75) is 177 Å². The molecule has 616 valence electrons. The first-order valence-electron chi connectivity index (χ1n) is 39.0. The Morgan fingerprint density at radius 1 is 0.684 bits per heavy atom. The molecule has 10 atom stereocenters. The lowest BCUT2D eigenvalue weighted by Gasteiger charge is -2.37. The number of carbonyl (C=O) groups excluding carboxylic acids is 12. The molecule has 5 aliphatic heterocycles. The Bertz CT molecular complexity index is 4300. The van der Waals surface area contributed by atoms with Gasteiger partial charge in [-0.25, -0.2) is 4.39 Å². The highest BCUT2D eigenvalue weighted by Crippen LogP contribution is 2.33. The summed E-state index contributed by atoms with van der Waals surface area (Å²) < 4.78 is 48.0. The number of aromatic nitrogens is 1. The second-order valence-corrected chi connectivity index (χ2v) is 30.9. The van der Waals surface area contributed by atoms with Crippen molar-refractivity contribution in [3.63, 3.8) is 0 Å². The number of halogens is 1. The lowest BCUT2D eigenvalue weighted by molar-refractivity contribution is -0.870. The van der Waals surface area contributed by atoms with E-state index in [1.807, 2.05) is 31.8 Å². The lowest BCUT2D eigenvalue weighted by Crippen LogP contribution is -2.64. The zero-order valence-electron chi connectivity index (χ0n) is 65.8. The average Bonchev–Trinajstić information content (AvgIpc) is 1.61. The molecule has 10 rings (SSSR count). The number of nitrogens with zero attached hydrogens (tertiary/aromatic N) is 4. The Kier molecular flexibility index (Phi) is 30.0. The summed E-state index contributed by atoms with van der Waals surface area (Å²) in [7, 11) is 7.58. The van der Waals surface area contributed by atoms with Gasteiger partial charge in [-0.2, -0.15) is 0 Å². The van der Waals surface area contributed by atoms with Gasteiger partial charge in [-0.3, -0.25) is 57.5 Å². The van der Waals surface area contributed by atoms with Gasteiger partial charge in [0.15, 0.2) is 0 Å². The number of rotatable bonds is 15. The van der Waals surface area contributed by atoms with E-state index < -0.39 is 156 Å². The van der Waals surface area contributed by atoms with Crippen LogP contribution in [0.5, 0.6) is 11.5 Å². The summed E-state index contributed by atoms with van der Waals surface area (Å²) in [5.41, 5.74) is 2.22. The molecule has 0 aliphatic carbocycles. The molecule has 0 unspecified atom stereocenters. The topological polar surface area (TPSA) is 403 Å². The Morgan fingerprint density at radius 2 is 1.42 bits per heavy atom. The molecule has 5 aliphatic rings. The monoisotopic (exact) mass is 1580 g/mol. The number of benzene rings is 4. The van der Waals surface area contributed by atoms with Crippen molar-refractivity contribution >= 4 is 81.8 Å². The van der Waals surface area contributed by atoms with Crippen molar-refractivity contribution in [3.8, 4) is 11.5 Å². The number of hydrogen-bond acceptors (Lipinski definition) is 18. The van der Waals surface area contributed by atoms with Crippen LogP contribution in [0.4, 0.5) is 4.39 Å². The highest BCUT2D eigenvalue weighted by atomic mass is 19.1. The van der Waals surface area contributed by atoms with E-state index in [9.17, 15) is 33.9 Å². The lowest BCUT2D eigenvalue weighted by atomic mass is 9.95. The molecule has 11 N–H and O–H groups in total. The van der Waals surface area contributed by atoms with E-state index in [2.05, 4.69) is 53.2 Å². The number of nitrogens with one attached hydrogen (secondary N) is 10. The van der Waals surface area contributed by atoms with Gasteiger partial charge in [0.05, 0.1) is 73.5 Å². The number of aliphatic hydroxyl groups excluding tert-OH is 1. The number of methoxy groups -OCH3 is 1. The number of fused-ring (bicyclic) bond motifs is 11. The first-order chi connectivity index (χ1) is 54.5. The standard InChI is InChI=1S/C81H107FN14O18/c1-49-73(102)91-63(46-86-68(99)26-34-111-36-37-112-35-32-96(4,5)6)75(104)88-60-40-53-12-10-13-54(38-53)44-84-70(101)48-114-65-25-31-94-72(65)77(106)92-71(50(2)97)76(105)90-61(39-51-15-19-58(110-7)20-16-51)79(108)95-30-11-27-81(95,3)80(109)83-28-24-52-14-17-55(45-85-67(98)22-23-69(100)87-49)66(41-52)113-33-9-8-29-93-47-56(42-62(78(94)107)89-74(60)103)59-43-57(82)18-21-64(59)93/h10,12-21,38,41,43,47,49-50,60-63,65,71-72,97H,8-9,11,22-37,39-40,42,44-46,48H2,1-7H3,(H9-,83,84,85,86,87,88,89,90,91,92,98,99,100,101,102,103,104,105,106,109)/p+1/t49-,50+,60-,61-,62-,63+,65-,71-,72-,81-/m0/s1. The quantitative estimate of drug-likeness (QED) is 0.0496. The van der Waals surface area contributed by atoms with E-state index in [-0.39, 0.29) is 111 Å². The van der Waals surface area contributed by atoms with Crippen molar-refractivity contribution in [1.82, 2.24) is 67.5 Å². The number of likely N-dealkylation sites (N-methyl/N-ethyl adjacent to an activating group) is 1. The number of aryl methyl sites for hydroxylation is 1. The first-order valence-corrected chi connectivity index (χ1v) is 39.0. The van der Waals surface area contributed by atoms with Crippen molar-refractivity contribution in [1.29, 1.82) is 0 Å². The van der Waals surface area contributed by atoms with Crippen LogP contribution in [0, 0.1) is 5.82 Å². The molecule has 4 aromatic carbocycles. The van der Waals surface area contributed by atoms with Gasteiger partial charge in [-0.15, -0.1) is 0 Å². The molecule has 12 amide bonds. The normalized spacial score (nSPS) is 24.4. The molecule has 114 heavy (non-hydrogen) atoms. The van der Waals surface area contributed by atoms with Crippen LogP contribution in [0.3, 0.4) is 0 Å². The van der Waals surface area contributed by atoms with E-state index in [4.69, 9.17) is 23.7 Å². The molecule has 32 nitrogen and oxygen atoms in total. The Morgan fingerprint density at radius 3 is 2.18 bits per heavy atom. The largest absolute Gasteiger partial charge is 0.497 e. The number of ether oxygens (including phenoxy) is 5. The van der Waals surface area contributed by atoms with Crippen LogP contribution in [-0.2, 0) is 117 Å². The minimum Gasteiger partial charge on any atom is -0.497 e. The highest BCUT2D eigenvalue weighted by molar-refractivity contribution is 6.00. The zero-order chi connectivity index (χ0) is 81.8. The smallest absolute Gasteiger partial charge is 0.246 e. The van der Waals surface area contributed by atoms with Gasteiger partial charge in [0.1, 0.15) is 78.3 Å². The van der Waals surface area contributed by atoms with E-state index >= 15 is 33.2 Å². The van der Waals surface area contributed by atoms with Crippen LogP contribution in [0.2, 0.25) is 0 Å². The van der Waals surface area contributed by atoms with Gasteiger partial charge in [-0.1, -0.05) is 48.5 Å². The predicted molar refractivity (Wildman–Crippen MR) is 414 cm³/mol. The van der Waals surface area contributed by atoms with Crippen LogP contribution in [0.25, 0.3) is 10.9 Å². The van der Waals surface area contributed by atoms with E-state index in [1.165, 1.54) is 38.0 Å². The summed E-state index contributed by atoms with van der Waals surface area (Å²) in [5.74, 6) is -9.34. The molecule has 0 radical (unpaired) electrons. The summed E-state index contributed by atoms with van der Waals surface area (Å²) in [6, 6.07) is 11.4. The summed E-state index contributed by atoms with van der Waals surface area (Å²) >= 11 is 0. The van der Waals surface area contributed by atoms with Gasteiger partial charge in [-0.05, 0) is 124 Å². The fourth-order valence-electron chi connectivity index (χ4n) is 14.6. The molecule has 5 aromatic rings. The number of carbonyl (C=O) groups is 12. The minimum absolute atomic E-state index is 0.0449. The maximum Gasteiger partial charge on any atom is 0.246 e. The van der Waals surface area contributed by atoms with Crippen LogP contribution in [-0.4, -0.2) is 256 Å². The SMILES string of the molecule is COc1ccc(C[C@@H]2NC(=O)[C@H]([C@@H](C)O)NC(=O)[C@@H]3[C@@H]4CCN3C(=O)[C@@H]3Cc5cn(c6ccc(F)cc56)CCCCOc5cc(ccc5CNC(=O)CCC(=O)N[C@@H](C)C(=O)N[C@H](CNC(=O)CCOCCOCC[N+](C)(C)C)C(=O)N[C@@H](Cc5cccc(c5)CNC(=O)CO4)C(=O)N3)CCNC(=O)[C@]3(C)CCCN3C2=O)cc1. The number of hydrogen-bond donors (Lipinski definition) is 11. The maximum absolute atomic E-state index is 16.2. The molecule has 2 fully saturated rings. The fourth-order valence-corrected chi connectivity index (χ4v) is 14.6. The van der Waals surface area contributed by atoms with Crippen LogP contribution >= 0.6 is 0 Å². The Hall–Kier alpha value is -10.6. The summed E-state index contributed by atoms with van der Waals surface area (Å²) in [5, 5.41) is 39.6. The minimum atomic E-state index is -1.87. The molecule has 0 spiro atoms. The summed E-state index contributed by atoms with van der Waals surface area (Å²) in [4.78, 5) is 180. The maximum atomic E-state index is 16.2. The number of quaternary nitrogens is 1. The highest BCUT2D eigenvalue weighted by Gasteiger charge is 2.50. The van der Waals surface area contributed by atoms with E-state index in [0.29, 0.717) is 87.1 Å². The van der Waals surface area contributed by atoms with E-state index in [0.717, 1.165) is 17.0 Å². The number of amides is 12. The van der Waals surface area contributed by atoms with Gasteiger partial charge in [0.2, 0.25) is 70.9 Å². The molecule has 2 saturated heterocycles. The van der Waals surface area contributed by atoms with Gasteiger partial charge in [0.25, 0.3) is 0 Å². The molecule has 11 bridgehead atoms. The molecule has 1 aromatic heterocycles. The molecule has 6 heterocycles. The second kappa shape index (κ2) is 39.9. The third kappa shape index (κ3) is 23.5. The average molecular weight is 1580 g/mol. The Labute approximate surface area is 661 Å². The number of aliphatic hydroxyl groups is 1. The van der Waals surface area contributed by atoms with Gasteiger partial charge >= 0.3 is 0 Å². The van der Waals surface area contributed by atoms with Crippen molar-refractivity contribution in [2.75, 3.05) is 101 Å². The summed E-state index contributed by atoms with van der Waals surface area (Å²) in [6.07, 6.45) is -1.38. The van der Waals surface area contributed by atoms with Crippen LogP contribution in [0.15, 0.2) is 91.1 Å². The third-order valence-corrected chi connectivity index (χ3v) is 21.1. The predicted octanol–water partition coefficient (Wildman–Crippen LogP) is 0.311. The summed E-state index contributed by atoms with van der Waals surface area (Å²) in [6.45, 7) is 4.84.